The molecule has 34 heavy (non-hydrogen) atoms. The van der Waals surface area contributed by atoms with Crippen molar-refractivity contribution in [3.05, 3.63) is 66.0 Å². The molecule has 2 amide bonds. The summed E-state index contributed by atoms with van der Waals surface area (Å²) in [7, 11) is 0. The summed E-state index contributed by atoms with van der Waals surface area (Å²) in [6.07, 6.45) is 5.45. The third-order valence-electron chi connectivity index (χ3n) is 6.48. The summed E-state index contributed by atoms with van der Waals surface area (Å²) in [5, 5.41) is 10.7. The van der Waals surface area contributed by atoms with Crippen molar-refractivity contribution < 1.29 is 9.59 Å². The number of anilines is 2. The average molecular weight is 459 g/mol. The Morgan fingerprint density at radius 3 is 2.47 bits per heavy atom. The van der Waals surface area contributed by atoms with Crippen molar-refractivity contribution in [3.8, 4) is 5.69 Å². The fourth-order valence-electron chi connectivity index (χ4n) is 4.40. The van der Waals surface area contributed by atoms with Gasteiger partial charge in [0.15, 0.2) is 0 Å². The largest absolute Gasteiger partial charge is 0.310 e. The number of benzene rings is 1. The zero-order valence-electron chi connectivity index (χ0n) is 19.4. The standard InChI is InChI=1S/C26H30N6O2/c1-18-9-12-27-23(15-18)28-26(34)20-10-13-31(14-11-20)17-25(33)29-24-16-22(19-7-8-19)30-32(24)21-5-3-2-4-6-21/h2-6,9,12,15-16,19-20H,7-8,10-11,13-14,17H2,1H3,(H,29,33)(H,27,28,34). The fraction of sp³-hybridized carbons (Fsp3) is 0.385. The number of likely N-dealkylation sites (tertiary alicyclic amines) is 1. The predicted octanol–water partition coefficient (Wildman–Crippen LogP) is 3.74. The van der Waals surface area contributed by atoms with Crippen LogP contribution < -0.4 is 10.6 Å². The van der Waals surface area contributed by atoms with E-state index in [1.54, 1.807) is 6.20 Å². The number of aromatic nitrogens is 3. The van der Waals surface area contributed by atoms with Crippen LogP contribution in [0.3, 0.4) is 0 Å². The first-order valence-electron chi connectivity index (χ1n) is 12.0. The summed E-state index contributed by atoms with van der Waals surface area (Å²) in [6.45, 7) is 3.68. The minimum Gasteiger partial charge on any atom is -0.310 e. The molecule has 5 rings (SSSR count). The number of piperidine rings is 1. The third kappa shape index (κ3) is 5.34. The lowest BCUT2D eigenvalue weighted by molar-refractivity contribution is -0.121. The molecular weight excluding hydrogens is 428 g/mol. The van der Waals surface area contributed by atoms with E-state index in [-0.39, 0.29) is 17.7 Å². The highest BCUT2D eigenvalue weighted by Crippen LogP contribution is 2.40. The number of amides is 2. The Morgan fingerprint density at radius 1 is 1.00 bits per heavy atom. The number of carbonyl (C=O) groups is 2. The first kappa shape index (κ1) is 22.3. The molecule has 2 aliphatic rings. The fourth-order valence-corrected chi connectivity index (χ4v) is 4.40. The number of pyridine rings is 1. The summed E-state index contributed by atoms with van der Waals surface area (Å²) in [4.78, 5) is 31.8. The van der Waals surface area contributed by atoms with E-state index in [0.29, 0.717) is 37.2 Å². The Kier molecular flexibility index (Phi) is 6.40. The molecule has 176 valence electrons. The highest BCUT2D eigenvalue weighted by molar-refractivity contribution is 5.92. The molecule has 2 N–H and O–H groups in total. The highest BCUT2D eigenvalue weighted by Gasteiger charge is 2.29. The Labute approximate surface area is 199 Å². The first-order chi connectivity index (χ1) is 16.5. The van der Waals surface area contributed by atoms with E-state index < -0.39 is 0 Å². The Bertz CT molecular complexity index is 1160. The van der Waals surface area contributed by atoms with E-state index >= 15 is 0 Å². The summed E-state index contributed by atoms with van der Waals surface area (Å²) < 4.78 is 1.82. The zero-order valence-corrected chi connectivity index (χ0v) is 19.4. The summed E-state index contributed by atoms with van der Waals surface area (Å²) in [5.41, 5.74) is 3.03. The third-order valence-corrected chi connectivity index (χ3v) is 6.48. The van der Waals surface area contributed by atoms with Crippen molar-refractivity contribution in [2.45, 2.75) is 38.5 Å². The molecule has 2 aromatic heterocycles. The normalized spacial score (nSPS) is 16.9. The van der Waals surface area contributed by atoms with Crippen LogP contribution in [0, 0.1) is 12.8 Å². The SMILES string of the molecule is Cc1ccnc(NC(=O)C2CCN(CC(=O)Nc3cc(C4CC4)nn3-c3ccccc3)CC2)c1. The maximum atomic E-state index is 12.9. The second-order valence-corrected chi connectivity index (χ2v) is 9.28. The monoisotopic (exact) mass is 458 g/mol. The van der Waals surface area contributed by atoms with Gasteiger partial charge in [-0.1, -0.05) is 18.2 Å². The van der Waals surface area contributed by atoms with Gasteiger partial charge in [0.1, 0.15) is 11.6 Å². The van der Waals surface area contributed by atoms with Gasteiger partial charge in [-0.2, -0.15) is 5.10 Å². The number of nitrogens with one attached hydrogen (secondary N) is 2. The zero-order chi connectivity index (χ0) is 23.5. The van der Waals surface area contributed by atoms with Crippen molar-refractivity contribution >= 4 is 23.5 Å². The Balaban J connectivity index is 1.15. The van der Waals surface area contributed by atoms with Gasteiger partial charge >= 0.3 is 0 Å². The van der Waals surface area contributed by atoms with Crippen LogP contribution in [0.2, 0.25) is 0 Å². The van der Waals surface area contributed by atoms with Crippen molar-refractivity contribution in [3.63, 3.8) is 0 Å². The average Bonchev–Trinajstić information content (AvgIpc) is 3.60. The molecule has 0 radical (unpaired) electrons. The maximum absolute atomic E-state index is 12.9. The summed E-state index contributed by atoms with van der Waals surface area (Å²) in [6, 6.07) is 15.6. The van der Waals surface area contributed by atoms with Crippen molar-refractivity contribution in [2.24, 2.45) is 5.92 Å². The lowest BCUT2D eigenvalue weighted by atomic mass is 9.96. The molecule has 8 heteroatoms. The lowest BCUT2D eigenvalue weighted by Crippen LogP contribution is -2.42. The van der Waals surface area contributed by atoms with Gasteiger partial charge in [-0.05, 0) is 75.5 Å². The van der Waals surface area contributed by atoms with Crippen LogP contribution in [0.25, 0.3) is 5.69 Å². The Morgan fingerprint density at radius 2 is 1.76 bits per heavy atom. The number of nitrogens with zero attached hydrogens (tertiary/aromatic N) is 4. The number of hydrogen-bond donors (Lipinski definition) is 2. The van der Waals surface area contributed by atoms with Gasteiger partial charge in [-0.15, -0.1) is 0 Å². The van der Waals surface area contributed by atoms with Crippen LogP contribution in [0.5, 0.6) is 0 Å². The molecule has 1 saturated carbocycles. The molecule has 8 nitrogen and oxygen atoms in total. The molecule has 1 saturated heterocycles. The number of para-hydroxylation sites is 1. The molecule has 0 unspecified atom stereocenters. The van der Waals surface area contributed by atoms with E-state index in [4.69, 9.17) is 5.10 Å². The second-order valence-electron chi connectivity index (χ2n) is 9.28. The topological polar surface area (TPSA) is 92.2 Å². The molecule has 1 aliphatic heterocycles. The molecule has 0 bridgehead atoms. The maximum Gasteiger partial charge on any atom is 0.239 e. The van der Waals surface area contributed by atoms with Crippen molar-refractivity contribution in [1.29, 1.82) is 0 Å². The van der Waals surface area contributed by atoms with Gasteiger partial charge in [0.05, 0.1) is 17.9 Å². The quantitative estimate of drug-likeness (QED) is 0.563. The van der Waals surface area contributed by atoms with E-state index in [2.05, 4.69) is 20.5 Å². The molecular formula is C26H30N6O2. The van der Waals surface area contributed by atoms with Gasteiger partial charge < -0.3 is 10.6 Å². The minimum absolute atomic E-state index is 0.00145. The minimum atomic E-state index is -0.0674. The number of rotatable bonds is 7. The van der Waals surface area contributed by atoms with Crippen LogP contribution in [0.1, 0.15) is 42.9 Å². The van der Waals surface area contributed by atoms with E-state index in [1.807, 2.05) is 60.1 Å². The second kappa shape index (κ2) is 9.77. The van der Waals surface area contributed by atoms with Crippen molar-refractivity contribution in [1.82, 2.24) is 19.7 Å². The molecule has 3 heterocycles. The predicted molar refractivity (Wildman–Crippen MR) is 131 cm³/mol. The molecule has 0 spiro atoms. The molecule has 2 fully saturated rings. The first-order valence-corrected chi connectivity index (χ1v) is 12.0. The summed E-state index contributed by atoms with van der Waals surface area (Å²) in [5.74, 6) is 1.67. The van der Waals surface area contributed by atoms with E-state index in [0.717, 1.165) is 42.6 Å². The van der Waals surface area contributed by atoms with Gasteiger partial charge in [0.25, 0.3) is 0 Å². The highest BCUT2D eigenvalue weighted by atomic mass is 16.2. The smallest absolute Gasteiger partial charge is 0.239 e. The van der Waals surface area contributed by atoms with E-state index in [9.17, 15) is 9.59 Å². The van der Waals surface area contributed by atoms with Gasteiger partial charge in [-0.25, -0.2) is 9.67 Å². The molecule has 3 aromatic rings. The molecule has 1 aliphatic carbocycles. The van der Waals surface area contributed by atoms with Crippen LogP contribution in [-0.2, 0) is 9.59 Å². The Hall–Kier alpha value is -3.52. The van der Waals surface area contributed by atoms with Gasteiger partial charge in [0.2, 0.25) is 11.8 Å². The number of aryl methyl sites for hydroxylation is 1. The lowest BCUT2D eigenvalue weighted by Gasteiger charge is -2.30. The van der Waals surface area contributed by atoms with Crippen molar-refractivity contribution in [2.75, 3.05) is 30.3 Å². The van der Waals surface area contributed by atoms with Crippen LogP contribution in [0.4, 0.5) is 11.6 Å². The van der Waals surface area contributed by atoms with Crippen LogP contribution in [-0.4, -0.2) is 51.1 Å². The summed E-state index contributed by atoms with van der Waals surface area (Å²) >= 11 is 0. The number of hydrogen-bond acceptors (Lipinski definition) is 5. The van der Waals surface area contributed by atoms with Gasteiger partial charge in [-0.3, -0.25) is 14.5 Å². The van der Waals surface area contributed by atoms with Gasteiger partial charge in [0, 0.05) is 24.1 Å². The van der Waals surface area contributed by atoms with Crippen LogP contribution in [0.15, 0.2) is 54.7 Å². The molecule has 1 aromatic carbocycles. The number of carbonyl (C=O) groups excluding carboxylic acids is 2. The molecule has 0 atom stereocenters. The van der Waals surface area contributed by atoms with Crippen LogP contribution >= 0.6 is 0 Å². The van der Waals surface area contributed by atoms with E-state index in [1.165, 1.54) is 0 Å².